The highest BCUT2D eigenvalue weighted by molar-refractivity contribution is 4.93. The van der Waals surface area contributed by atoms with Gasteiger partial charge in [0.1, 0.15) is 0 Å². The number of hydrogen-bond acceptors (Lipinski definition) is 1. The molecule has 2 atom stereocenters. The van der Waals surface area contributed by atoms with Crippen LogP contribution < -0.4 is 5.32 Å². The third-order valence-electron chi connectivity index (χ3n) is 3.88. The summed E-state index contributed by atoms with van der Waals surface area (Å²) in [5.74, 6) is 3.12. The molecule has 1 heteroatoms. The van der Waals surface area contributed by atoms with Crippen LogP contribution in [0.25, 0.3) is 0 Å². The first-order valence-electron chi connectivity index (χ1n) is 6.08. The van der Waals surface area contributed by atoms with Gasteiger partial charge < -0.3 is 5.32 Å². The molecule has 0 spiro atoms. The lowest BCUT2D eigenvalue weighted by Gasteiger charge is -2.11. The second-order valence-electron chi connectivity index (χ2n) is 4.92. The molecular formula is C12H23N. The average Bonchev–Trinajstić information content (AvgIpc) is 2.99. The maximum atomic E-state index is 3.65. The average molecular weight is 181 g/mol. The molecule has 0 heterocycles. The molecule has 0 aromatic rings. The van der Waals surface area contributed by atoms with Crippen molar-refractivity contribution < 1.29 is 0 Å². The van der Waals surface area contributed by atoms with Crippen LogP contribution in [0, 0.1) is 17.8 Å². The van der Waals surface area contributed by atoms with Crippen LogP contribution in [0.4, 0.5) is 0 Å². The first kappa shape index (κ1) is 9.51. The third kappa shape index (κ3) is 2.46. The molecule has 2 aliphatic rings. The van der Waals surface area contributed by atoms with Gasteiger partial charge in [0.25, 0.3) is 0 Å². The van der Waals surface area contributed by atoms with Crippen LogP contribution in [0.1, 0.15) is 46.0 Å². The quantitative estimate of drug-likeness (QED) is 0.664. The van der Waals surface area contributed by atoms with E-state index in [1.165, 1.54) is 38.6 Å². The number of rotatable bonds is 6. The SMILES string of the molecule is CCC(CC)C1CC1CNC1CC1. The van der Waals surface area contributed by atoms with E-state index >= 15 is 0 Å². The Morgan fingerprint density at radius 1 is 1.23 bits per heavy atom. The van der Waals surface area contributed by atoms with Gasteiger partial charge in [-0.05, 0) is 43.6 Å². The molecule has 0 aromatic carbocycles. The Balaban J connectivity index is 1.62. The van der Waals surface area contributed by atoms with Crippen molar-refractivity contribution in [1.82, 2.24) is 5.32 Å². The van der Waals surface area contributed by atoms with Gasteiger partial charge in [-0.25, -0.2) is 0 Å². The second-order valence-corrected chi connectivity index (χ2v) is 4.92. The van der Waals surface area contributed by atoms with E-state index in [4.69, 9.17) is 0 Å². The van der Waals surface area contributed by atoms with Crippen molar-refractivity contribution in [2.24, 2.45) is 17.8 Å². The summed E-state index contributed by atoms with van der Waals surface area (Å²) in [4.78, 5) is 0. The zero-order chi connectivity index (χ0) is 9.26. The Labute approximate surface area is 82.3 Å². The Kier molecular flexibility index (Phi) is 2.92. The molecule has 0 saturated heterocycles. The molecule has 2 saturated carbocycles. The summed E-state index contributed by atoms with van der Waals surface area (Å²) >= 11 is 0. The summed E-state index contributed by atoms with van der Waals surface area (Å²) in [5.41, 5.74) is 0. The minimum atomic E-state index is 0.906. The van der Waals surface area contributed by atoms with Crippen LogP contribution in [0.15, 0.2) is 0 Å². The smallest absolute Gasteiger partial charge is 0.00683 e. The van der Waals surface area contributed by atoms with Gasteiger partial charge in [-0.3, -0.25) is 0 Å². The minimum absolute atomic E-state index is 0.906. The molecule has 2 aliphatic carbocycles. The van der Waals surface area contributed by atoms with E-state index in [0.717, 1.165) is 23.8 Å². The van der Waals surface area contributed by atoms with Crippen LogP contribution in [0.2, 0.25) is 0 Å². The van der Waals surface area contributed by atoms with Crippen LogP contribution in [0.5, 0.6) is 0 Å². The van der Waals surface area contributed by atoms with Gasteiger partial charge in [-0.15, -0.1) is 0 Å². The summed E-state index contributed by atoms with van der Waals surface area (Å²) in [6, 6.07) is 0.906. The summed E-state index contributed by atoms with van der Waals surface area (Å²) in [6.45, 7) is 6.00. The summed E-state index contributed by atoms with van der Waals surface area (Å²) in [6.07, 6.45) is 7.15. The van der Waals surface area contributed by atoms with Crippen LogP contribution >= 0.6 is 0 Å². The zero-order valence-corrected chi connectivity index (χ0v) is 9.05. The molecule has 0 aliphatic heterocycles. The van der Waals surface area contributed by atoms with E-state index in [1.54, 1.807) is 0 Å². The molecule has 13 heavy (non-hydrogen) atoms. The second kappa shape index (κ2) is 4.00. The predicted octanol–water partition coefficient (Wildman–Crippen LogP) is 2.81. The molecule has 0 bridgehead atoms. The molecule has 1 nitrogen and oxygen atoms in total. The van der Waals surface area contributed by atoms with E-state index in [2.05, 4.69) is 19.2 Å². The Morgan fingerprint density at radius 2 is 1.92 bits per heavy atom. The van der Waals surface area contributed by atoms with Gasteiger partial charge in [-0.2, -0.15) is 0 Å². The summed E-state index contributed by atoms with van der Waals surface area (Å²) < 4.78 is 0. The number of nitrogens with one attached hydrogen (secondary N) is 1. The van der Waals surface area contributed by atoms with E-state index in [-0.39, 0.29) is 0 Å². The van der Waals surface area contributed by atoms with E-state index in [9.17, 15) is 0 Å². The summed E-state index contributed by atoms with van der Waals surface area (Å²) in [7, 11) is 0. The van der Waals surface area contributed by atoms with Gasteiger partial charge in [0.05, 0.1) is 0 Å². The molecule has 76 valence electrons. The Bertz CT molecular complexity index is 159. The Hall–Kier alpha value is -0.0400. The van der Waals surface area contributed by atoms with Gasteiger partial charge in [0, 0.05) is 6.04 Å². The van der Waals surface area contributed by atoms with Crippen LogP contribution in [-0.2, 0) is 0 Å². The number of hydrogen-bond donors (Lipinski definition) is 1. The fourth-order valence-corrected chi connectivity index (χ4v) is 2.58. The van der Waals surface area contributed by atoms with Crippen molar-refractivity contribution in [2.75, 3.05) is 6.54 Å². The molecule has 0 aromatic heterocycles. The first-order chi connectivity index (χ1) is 6.35. The molecule has 2 rings (SSSR count). The van der Waals surface area contributed by atoms with Crippen molar-refractivity contribution >= 4 is 0 Å². The highest BCUT2D eigenvalue weighted by Crippen LogP contribution is 2.46. The highest BCUT2D eigenvalue weighted by Gasteiger charge is 2.41. The molecular weight excluding hydrogens is 158 g/mol. The maximum Gasteiger partial charge on any atom is 0.00683 e. The fourth-order valence-electron chi connectivity index (χ4n) is 2.58. The molecule has 2 fully saturated rings. The normalized spacial score (nSPS) is 32.5. The predicted molar refractivity (Wildman–Crippen MR) is 56.7 cm³/mol. The molecule has 2 unspecified atom stereocenters. The summed E-state index contributed by atoms with van der Waals surface area (Å²) in [5, 5.41) is 3.65. The van der Waals surface area contributed by atoms with E-state index < -0.39 is 0 Å². The van der Waals surface area contributed by atoms with E-state index in [0.29, 0.717) is 0 Å². The zero-order valence-electron chi connectivity index (χ0n) is 9.05. The van der Waals surface area contributed by atoms with Crippen molar-refractivity contribution in [3.8, 4) is 0 Å². The monoisotopic (exact) mass is 181 g/mol. The van der Waals surface area contributed by atoms with Gasteiger partial charge >= 0.3 is 0 Å². The highest BCUT2D eigenvalue weighted by atomic mass is 15.0. The third-order valence-corrected chi connectivity index (χ3v) is 3.88. The lowest BCUT2D eigenvalue weighted by molar-refractivity contribution is 0.402. The van der Waals surface area contributed by atoms with E-state index in [1.807, 2.05) is 0 Å². The van der Waals surface area contributed by atoms with Crippen LogP contribution in [-0.4, -0.2) is 12.6 Å². The minimum Gasteiger partial charge on any atom is -0.314 e. The fraction of sp³-hybridized carbons (Fsp3) is 1.00. The lowest BCUT2D eigenvalue weighted by Crippen LogP contribution is -2.20. The first-order valence-corrected chi connectivity index (χ1v) is 6.08. The van der Waals surface area contributed by atoms with Crippen LogP contribution in [0.3, 0.4) is 0 Å². The Morgan fingerprint density at radius 3 is 2.46 bits per heavy atom. The van der Waals surface area contributed by atoms with Crippen molar-refractivity contribution in [3.05, 3.63) is 0 Å². The maximum absolute atomic E-state index is 3.65. The van der Waals surface area contributed by atoms with Crippen molar-refractivity contribution in [1.29, 1.82) is 0 Å². The van der Waals surface area contributed by atoms with Crippen molar-refractivity contribution in [2.45, 2.75) is 52.0 Å². The molecule has 0 radical (unpaired) electrons. The largest absolute Gasteiger partial charge is 0.314 e. The van der Waals surface area contributed by atoms with Gasteiger partial charge in [0.15, 0.2) is 0 Å². The van der Waals surface area contributed by atoms with Crippen molar-refractivity contribution in [3.63, 3.8) is 0 Å². The van der Waals surface area contributed by atoms with Gasteiger partial charge in [-0.1, -0.05) is 26.7 Å². The lowest BCUT2D eigenvalue weighted by atomic mass is 9.96. The topological polar surface area (TPSA) is 12.0 Å². The van der Waals surface area contributed by atoms with Gasteiger partial charge in [0.2, 0.25) is 0 Å². The standard InChI is InChI=1S/C12H23N/c1-3-9(4-2)12-7-10(12)8-13-11-5-6-11/h9-13H,3-8H2,1-2H3. The molecule has 1 N–H and O–H groups in total. The molecule has 0 amide bonds.